The van der Waals surface area contributed by atoms with E-state index in [-0.39, 0.29) is 11.9 Å². The summed E-state index contributed by atoms with van der Waals surface area (Å²) in [5, 5.41) is 17.1. The van der Waals surface area contributed by atoms with E-state index in [1.807, 2.05) is 39.0 Å². The van der Waals surface area contributed by atoms with E-state index in [4.69, 9.17) is 5.26 Å². The zero-order chi connectivity index (χ0) is 16.1. The Kier molecular flexibility index (Phi) is 4.89. The average molecular weight is 297 g/mol. The third-order valence-corrected chi connectivity index (χ3v) is 3.54. The molecule has 114 valence electrons. The van der Waals surface area contributed by atoms with Crippen LogP contribution in [0.1, 0.15) is 36.2 Å². The van der Waals surface area contributed by atoms with Crippen molar-refractivity contribution >= 4 is 5.91 Å². The lowest BCUT2D eigenvalue weighted by Gasteiger charge is -2.27. The first-order valence-corrected chi connectivity index (χ1v) is 7.23. The standard InChI is InChI=1S/C16H19N5O/c1-4-20(13(3)7-8-17)16(22)14-11-12(2)5-6-15(14)21-18-9-10-19-21/h5-6,9-11,13H,4,7H2,1-3H3/t13-/m0/s1. The normalized spacial score (nSPS) is 11.7. The first-order chi connectivity index (χ1) is 10.6. The molecule has 0 saturated heterocycles. The predicted molar refractivity (Wildman–Crippen MR) is 82.5 cm³/mol. The number of benzene rings is 1. The molecule has 1 amide bonds. The van der Waals surface area contributed by atoms with E-state index in [0.29, 0.717) is 24.2 Å². The summed E-state index contributed by atoms with van der Waals surface area (Å²) in [5.74, 6) is -0.110. The van der Waals surface area contributed by atoms with Crippen LogP contribution in [0, 0.1) is 18.3 Å². The van der Waals surface area contributed by atoms with Crippen molar-refractivity contribution in [2.45, 2.75) is 33.2 Å². The topological polar surface area (TPSA) is 74.8 Å². The van der Waals surface area contributed by atoms with Crippen molar-refractivity contribution in [2.75, 3.05) is 6.54 Å². The molecule has 1 atom stereocenters. The number of rotatable bonds is 5. The van der Waals surface area contributed by atoms with Gasteiger partial charge in [-0.1, -0.05) is 11.6 Å². The van der Waals surface area contributed by atoms with Crippen molar-refractivity contribution in [3.8, 4) is 11.8 Å². The molecule has 6 nitrogen and oxygen atoms in total. The Bertz CT molecular complexity index is 687. The zero-order valence-corrected chi connectivity index (χ0v) is 13.0. The molecule has 0 saturated carbocycles. The van der Waals surface area contributed by atoms with Crippen LogP contribution in [0.15, 0.2) is 30.6 Å². The first-order valence-electron chi connectivity index (χ1n) is 7.23. The largest absolute Gasteiger partial charge is 0.335 e. The van der Waals surface area contributed by atoms with Crippen molar-refractivity contribution in [1.82, 2.24) is 19.9 Å². The number of hydrogen-bond donors (Lipinski definition) is 0. The van der Waals surface area contributed by atoms with E-state index < -0.39 is 0 Å². The fourth-order valence-corrected chi connectivity index (χ4v) is 2.39. The van der Waals surface area contributed by atoms with Crippen LogP contribution in [0.25, 0.3) is 5.69 Å². The monoisotopic (exact) mass is 297 g/mol. The molecule has 0 aliphatic rings. The number of nitrogens with zero attached hydrogens (tertiary/aromatic N) is 5. The maximum atomic E-state index is 12.9. The maximum absolute atomic E-state index is 12.9. The summed E-state index contributed by atoms with van der Waals surface area (Å²) >= 11 is 0. The molecule has 2 aromatic rings. The summed E-state index contributed by atoms with van der Waals surface area (Å²) in [6, 6.07) is 7.58. The second-order valence-electron chi connectivity index (χ2n) is 5.14. The van der Waals surface area contributed by atoms with Gasteiger partial charge in [0.25, 0.3) is 5.91 Å². The number of hydrogen-bond acceptors (Lipinski definition) is 4. The molecule has 0 radical (unpaired) electrons. The van der Waals surface area contributed by atoms with E-state index in [1.54, 1.807) is 17.3 Å². The van der Waals surface area contributed by atoms with E-state index in [9.17, 15) is 4.79 Å². The van der Waals surface area contributed by atoms with Crippen LogP contribution in [0.3, 0.4) is 0 Å². The van der Waals surface area contributed by atoms with Gasteiger partial charge in [0.05, 0.1) is 36.1 Å². The molecular formula is C16H19N5O. The summed E-state index contributed by atoms with van der Waals surface area (Å²) in [4.78, 5) is 16.0. The van der Waals surface area contributed by atoms with Crippen molar-refractivity contribution < 1.29 is 4.79 Å². The molecule has 0 spiro atoms. The quantitative estimate of drug-likeness (QED) is 0.849. The number of aromatic nitrogens is 3. The van der Waals surface area contributed by atoms with Gasteiger partial charge in [-0.25, -0.2) is 0 Å². The molecule has 0 unspecified atom stereocenters. The van der Waals surface area contributed by atoms with Gasteiger partial charge in [0.15, 0.2) is 0 Å². The number of carbonyl (C=O) groups is 1. The molecule has 0 bridgehead atoms. The SMILES string of the molecule is CCN(C(=O)c1cc(C)ccc1-n1nccn1)[C@@H](C)CC#N. The number of amides is 1. The van der Waals surface area contributed by atoms with Gasteiger partial charge in [0.1, 0.15) is 0 Å². The summed E-state index contributed by atoms with van der Waals surface area (Å²) in [6.07, 6.45) is 3.45. The molecule has 6 heteroatoms. The molecule has 0 fully saturated rings. The van der Waals surface area contributed by atoms with E-state index in [2.05, 4.69) is 16.3 Å². The molecule has 22 heavy (non-hydrogen) atoms. The molecule has 0 N–H and O–H groups in total. The highest BCUT2D eigenvalue weighted by Crippen LogP contribution is 2.19. The highest BCUT2D eigenvalue weighted by atomic mass is 16.2. The Balaban J connectivity index is 2.44. The average Bonchev–Trinajstić information content (AvgIpc) is 3.02. The van der Waals surface area contributed by atoms with E-state index >= 15 is 0 Å². The van der Waals surface area contributed by atoms with Gasteiger partial charge in [-0.3, -0.25) is 4.79 Å². The maximum Gasteiger partial charge on any atom is 0.256 e. The zero-order valence-electron chi connectivity index (χ0n) is 13.0. The van der Waals surface area contributed by atoms with Gasteiger partial charge in [0.2, 0.25) is 0 Å². The molecule has 0 aliphatic carbocycles. The van der Waals surface area contributed by atoms with Crippen LogP contribution in [-0.4, -0.2) is 38.4 Å². The highest BCUT2D eigenvalue weighted by Gasteiger charge is 2.23. The Labute approximate surface area is 130 Å². The molecular weight excluding hydrogens is 278 g/mol. The smallest absolute Gasteiger partial charge is 0.256 e. The fourth-order valence-electron chi connectivity index (χ4n) is 2.39. The van der Waals surface area contributed by atoms with Gasteiger partial charge in [-0.15, -0.1) is 0 Å². The highest BCUT2D eigenvalue weighted by molar-refractivity contribution is 5.98. The molecule has 2 rings (SSSR count). The number of aryl methyl sites for hydroxylation is 1. The lowest BCUT2D eigenvalue weighted by molar-refractivity contribution is 0.0706. The fraction of sp³-hybridized carbons (Fsp3) is 0.375. The Hall–Kier alpha value is -2.68. The third kappa shape index (κ3) is 3.14. The minimum atomic E-state index is -0.138. The molecule has 1 aromatic carbocycles. The van der Waals surface area contributed by atoms with Crippen LogP contribution in [0.4, 0.5) is 0 Å². The van der Waals surface area contributed by atoms with Crippen LogP contribution < -0.4 is 0 Å². The molecule has 1 aromatic heterocycles. The second-order valence-corrected chi connectivity index (χ2v) is 5.14. The van der Waals surface area contributed by atoms with Crippen molar-refractivity contribution in [1.29, 1.82) is 5.26 Å². The molecule has 0 aliphatic heterocycles. The van der Waals surface area contributed by atoms with Crippen LogP contribution in [0.5, 0.6) is 0 Å². The summed E-state index contributed by atoms with van der Waals surface area (Å²) in [6.45, 7) is 6.27. The van der Waals surface area contributed by atoms with Gasteiger partial charge in [0, 0.05) is 12.6 Å². The minimum Gasteiger partial charge on any atom is -0.335 e. The van der Waals surface area contributed by atoms with E-state index in [1.165, 1.54) is 4.80 Å². The van der Waals surface area contributed by atoms with Crippen LogP contribution in [0.2, 0.25) is 0 Å². The summed E-state index contributed by atoms with van der Waals surface area (Å²) in [5.41, 5.74) is 2.18. The van der Waals surface area contributed by atoms with E-state index in [0.717, 1.165) is 5.56 Å². The predicted octanol–water partition coefficient (Wildman–Crippen LogP) is 2.34. The summed E-state index contributed by atoms with van der Waals surface area (Å²) in [7, 11) is 0. The van der Waals surface area contributed by atoms with Crippen LogP contribution >= 0.6 is 0 Å². The van der Waals surface area contributed by atoms with Gasteiger partial charge in [-0.2, -0.15) is 20.3 Å². The first kappa shape index (κ1) is 15.7. The molecule has 1 heterocycles. The summed E-state index contributed by atoms with van der Waals surface area (Å²) < 4.78 is 0. The lowest BCUT2D eigenvalue weighted by Crippen LogP contribution is -2.38. The minimum absolute atomic E-state index is 0.110. The van der Waals surface area contributed by atoms with Crippen LogP contribution in [-0.2, 0) is 0 Å². The Morgan fingerprint density at radius 1 is 1.41 bits per heavy atom. The Morgan fingerprint density at radius 3 is 2.68 bits per heavy atom. The van der Waals surface area contributed by atoms with Crippen molar-refractivity contribution in [3.63, 3.8) is 0 Å². The van der Waals surface area contributed by atoms with Gasteiger partial charge >= 0.3 is 0 Å². The Morgan fingerprint density at radius 2 is 2.09 bits per heavy atom. The number of carbonyl (C=O) groups excluding carboxylic acids is 1. The number of nitriles is 1. The van der Waals surface area contributed by atoms with Gasteiger partial charge < -0.3 is 4.90 Å². The lowest BCUT2D eigenvalue weighted by atomic mass is 10.1. The third-order valence-electron chi connectivity index (χ3n) is 3.54. The van der Waals surface area contributed by atoms with Gasteiger partial charge in [-0.05, 0) is 32.9 Å². The van der Waals surface area contributed by atoms with Crippen molar-refractivity contribution in [3.05, 3.63) is 41.7 Å². The van der Waals surface area contributed by atoms with Crippen molar-refractivity contribution in [2.24, 2.45) is 0 Å². The second kappa shape index (κ2) is 6.85.